The molecule has 0 aliphatic carbocycles. The SMILES string of the molecule is COC[C@@]1(C)Cc2ccc(-c3nnc(Cc4cc(OC)c(F)cc4F)s3)c(=O)c(O)c2C(=O)N(C(C)C)C1. The van der Waals surface area contributed by atoms with E-state index >= 15 is 0 Å². The molecule has 38 heavy (non-hydrogen) atoms. The molecule has 0 fully saturated rings. The molecule has 2 heterocycles. The van der Waals surface area contributed by atoms with Gasteiger partial charge < -0.3 is 19.5 Å². The summed E-state index contributed by atoms with van der Waals surface area (Å²) in [6.45, 7) is 6.53. The zero-order valence-electron chi connectivity index (χ0n) is 21.8. The minimum atomic E-state index is -0.818. The van der Waals surface area contributed by atoms with Crippen LogP contribution in [0, 0.1) is 17.0 Å². The molecule has 3 aromatic rings. The number of ether oxygens (including phenoxy) is 2. The highest BCUT2D eigenvalue weighted by atomic mass is 32.1. The first-order chi connectivity index (χ1) is 18.0. The van der Waals surface area contributed by atoms with Gasteiger partial charge in [-0.2, -0.15) is 0 Å². The van der Waals surface area contributed by atoms with Gasteiger partial charge in [-0.25, -0.2) is 8.78 Å². The minimum absolute atomic E-state index is 0.00697. The number of rotatable bonds is 7. The lowest BCUT2D eigenvalue weighted by molar-refractivity contribution is 0.0413. The third-order valence-corrected chi connectivity index (χ3v) is 7.55. The van der Waals surface area contributed by atoms with Gasteiger partial charge in [-0.1, -0.05) is 24.3 Å². The Balaban J connectivity index is 1.77. The molecule has 1 atom stereocenters. The van der Waals surface area contributed by atoms with Crippen molar-refractivity contribution in [2.75, 3.05) is 27.4 Å². The Morgan fingerprint density at radius 2 is 1.89 bits per heavy atom. The molecule has 8 nitrogen and oxygen atoms in total. The predicted molar refractivity (Wildman–Crippen MR) is 139 cm³/mol. The highest BCUT2D eigenvalue weighted by molar-refractivity contribution is 7.14. The second-order valence-electron chi connectivity index (χ2n) is 10.0. The summed E-state index contributed by atoms with van der Waals surface area (Å²) in [7, 11) is 2.88. The number of halogens is 2. The zero-order chi connectivity index (χ0) is 27.8. The number of fused-ring (bicyclic) bond motifs is 1. The lowest BCUT2D eigenvalue weighted by Gasteiger charge is -2.34. The van der Waals surface area contributed by atoms with Gasteiger partial charge >= 0.3 is 0 Å². The van der Waals surface area contributed by atoms with Crippen LogP contribution in [0.15, 0.2) is 29.1 Å². The van der Waals surface area contributed by atoms with Crippen molar-refractivity contribution in [3.8, 4) is 22.1 Å². The van der Waals surface area contributed by atoms with Gasteiger partial charge in [0.2, 0.25) is 5.43 Å². The van der Waals surface area contributed by atoms with E-state index in [1.54, 1.807) is 18.1 Å². The fraction of sp³-hybridized carbons (Fsp3) is 0.407. The zero-order valence-corrected chi connectivity index (χ0v) is 22.6. The molecule has 1 N–H and O–H groups in total. The van der Waals surface area contributed by atoms with E-state index in [4.69, 9.17) is 9.47 Å². The van der Waals surface area contributed by atoms with E-state index in [1.165, 1.54) is 19.2 Å². The number of benzene rings is 1. The number of carbonyl (C=O) groups excluding carboxylic acids is 1. The number of methoxy groups -OCH3 is 2. The summed E-state index contributed by atoms with van der Waals surface area (Å²) in [4.78, 5) is 28.6. The van der Waals surface area contributed by atoms with Gasteiger partial charge in [0, 0.05) is 37.6 Å². The predicted octanol–water partition coefficient (Wildman–Crippen LogP) is 4.21. The Morgan fingerprint density at radius 1 is 1.16 bits per heavy atom. The molecule has 1 amide bonds. The Bertz CT molecular complexity index is 1440. The molecule has 1 aromatic heterocycles. The van der Waals surface area contributed by atoms with Gasteiger partial charge in [0.05, 0.1) is 24.8 Å². The molecule has 2 aromatic carbocycles. The van der Waals surface area contributed by atoms with Crippen LogP contribution < -0.4 is 10.2 Å². The number of hydrogen-bond donors (Lipinski definition) is 1. The number of hydrogen-bond acceptors (Lipinski definition) is 8. The van der Waals surface area contributed by atoms with Crippen molar-refractivity contribution in [2.24, 2.45) is 5.41 Å². The highest BCUT2D eigenvalue weighted by Gasteiger charge is 2.38. The average Bonchev–Trinajstić information content (AvgIpc) is 3.23. The van der Waals surface area contributed by atoms with E-state index in [9.17, 15) is 23.5 Å². The van der Waals surface area contributed by atoms with Crippen LogP contribution in [0.2, 0.25) is 0 Å². The highest BCUT2D eigenvalue weighted by Crippen LogP contribution is 2.35. The molecule has 202 valence electrons. The Hall–Kier alpha value is -3.44. The van der Waals surface area contributed by atoms with Gasteiger partial charge in [-0.05, 0) is 43.5 Å². The Kier molecular flexibility index (Phi) is 7.80. The summed E-state index contributed by atoms with van der Waals surface area (Å²) in [5.74, 6) is -2.75. The van der Waals surface area contributed by atoms with E-state index in [2.05, 4.69) is 10.2 Å². The molecule has 0 bridgehead atoms. The molecule has 0 saturated carbocycles. The fourth-order valence-corrected chi connectivity index (χ4v) is 5.64. The van der Waals surface area contributed by atoms with Gasteiger partial charge in [-0.3, -0.25) is 9.59 Å². The summed E-state index contributed by atoms with van der Waals surface area (Å²) in [5.41, 5.74) is -0.480. The van der Waals surface area contributed by atoms with Crippen LogP contribution in [0.1, 0.15) is 47.3 Å². The molecule has 0 saturated heterocycles. The van der Waals surface area contributed by atoms with Crippen LogP contribution in [0.3, 0.4) is 0 Å². The smallest absolute Gasteiger partial charge is 0.258 e. The van der Waals surface area contributed by atoms with Gasteiger partial charge in [-0.15, -0.1) is 10.2 Å². The van der Waals surface area contributed by atoms with Crippen molar-refractivity contribution in [3.63, 3.8) is 0 Å². The van der Waals surface area contributed by atoms with E-state index in [1.807, 2.05) is 20.8 Å². The fourth-order valence-electron chi connectivity index (χ4n) is 4.75. The largest absolute Gasteiger partial charge is 0.504 e. The second-order valence-corrected chi connectivity index (χ2v) is 11.1. The molecule has 1 aliphatic heterocycles. The standard InChI is InChI=1S/C27H29F2N3O5S/c1-14(2)32-12-27(3,13-36-4)11-15-6-7-17(23(33)24(34)22(15)26(32)35)25-31-30-21(38-25)9-16-8-20(37-5)19(29)10-18(16)28/h6-8,10,14H,9,11-13H2,1-5H3,(H,33,34)/t27-/m0/s1. The molecule has 0 unspecified atom stereocenters. The Morgan fingerprint density at radius 3 is 2.55 bits per heavy atom. The molecule has 0 spiro atoms. The topological polar surface area (TPSA) is 102 Å². The number of carbonyl (C=O) groups is 1. The number of nitrogens with zero attached hydrogens (tertiary/aromatic N) is 3. The minimum Gasteiger partial charge on any atom is -0.504 e. The van der Waals surface area contributed by atoms with E-state index in [0.29, 0.717) is 30.1 Å². The van der Waals surface area contributed by atoms with Crippen LogP contribution in [-0.4, -0.2) is 59.5 Å². The van der Waals surface area contributed by atoms with Crippen LogP contribution in [0.5, 0.6) is 11.5 Å². The third kappa shape index (κ3) is 5.25. The van der Waals surface area contributed by atoms with Crippen molar-refractivity contribution >= 4 is 17.2 Å². The van der Waals surface area contributed by atoms with Crippen molar-refractivity contribution in [1.29, 1.82) is 0 Å². The van der Waals surface area contributed by atoms with Crippen molar-refractivity contribution in [1.82, 2.24) is 15.1 Å². The second kappa shape index (κ2) is 10.7. The molecule has 0 radical (unpaired) electrons. The van der Waals surface area contributed by atoms with Crippen molar-refractivity contribution < 1.29 is 28.2 Å². The lowest BCUT2D eigenvalue weighted by atomic mass is 9.84. The summed E-state index contributed by atoms with van der Waals surface area (Å²) < 4.78 is 38.5. The summed E-state index contributed by atoms with van der Waals surface area (Å²) >= 11 is 1.04. The average molecular weight is 546 g/mol. The van der Waals surface area contributed by atoms with Gasteiger partial charge in [0.15, 0.2) is 22.3 Å². The van der Waals surface area contributed by atoms with Crippen LogP contribution in [-0.2, 0) is 17.6 Å². The number of aromatic nitrogens is 2. The molecular formula is C27H29F2N3O5S. The Labute approximate surface area is 222 Å². The summed E-state index contributed by atoms with van der Waals surface area (Å²) in [6, 6.07) is 5.01. The van der Waals surface area contributed by atoms with Gasteiger partial charge in [0.1, 0.15) is 10.8 Å². The molecule has 11 heteroatoms. The number of aromatic hydroxyl groups is 1. The van der Waals surface area contributed by atoms with E-state index in [-0.39, 0.29) is 39.9 Å². The first kappa shape index (κ1) is 27.6. The maximum absolute atomic E-state index is 14.3. The van der Waals surface area contributed by atoms with Crippen molar-refractivity contribution in [3.05, 3.63) is 67.8 Å². The first-order valence-corrected chi connectivity index (χ1v) is 12.8. The lowest BCUT2D eigenvalue weighted by Crippen LogP contribution is -2.44. The van der Waals surface area contributed by atoms with E-state index in [0.717, 1.165) is 17.4 Å². The third-order valence-electron chi connectivity index (χ3n) is 6.59. The van der Waals surface area contributed by atoms with Crippen LogP contribution >= 0.6 is 11.3 Å². The monoisotopic (exact) mass is 545 g/mol. The summed E-state index contributed by atoms with van der Waals surface area (Å²) in [5, 5.41) is 19.8. The molecule has 1 aliphatic rings. The molecular weight excluding hydrogens is 516 g/mol. The van der Waals surface area contributed by atoms with Gasteiger partial charge in [0.25, 0.3) is 5.91 Å². The summed E-state index contributed by atoms with van der Waals surface area (Å²) in [6.07, 6.45) is 0.395. The maximum Gasteiger partial charge on any atom is 0.258 e. The maximum atomic E-state index is 14.3. The quantitative estimate of drug-likeness (QED) is 0.475. The molecule has 4 rings (SSSR count). The van der Waals surface area contributed by atoms with Crippen LogP contribution in [0.4, 0.5) is 8.78 Å². The normalized spacial score (nSPS) is 17.5. The van der Waals surface area contributed by atoms with Crippen LogP contribution in [0.25, 0.3) is 10.6 Å². The number of amides is 1. The van der Waals surface area contributed by atoms with E-state index < -0.39 is 34.1 Å². The first-order valence-electron chi connectivity index (χ1n) is 12.0. The van der Waals surface area contributed by atoms with Crippen molar-refractivity contribution in [2.45, 2.75) is 39.7 Å².